The first kappa shape index (κ1) is 21.4. The van der Waals surface area contributed by atoms with E-state index in [-0.39, 0.29) is 25.3 Å². The lowest BCUT2D eigenvalue weighted by molar-refractivity contribution is -0.158. The second-order valence-corrected chi connectivity index (χ2v) is 5.19. The van der Waals surface area contributed by atoms with Gasteiger partial charge in [0.15, 0.2) is 6.04 Å². The summed E-state index contributed by atoms with van der Waals surface area (Å²) in [6.07, 6.45) is -0.582. The fourth-order valence-corrected chi connectivity index (χ4v) is 2.48. The molecule has 0 spiro atoms. The standard InChI is InChI=1S/C15H23N3O8/c1-6-9(16-17-14(22)26-7-2)10(11(19)23-3)18-8-15(18,12(20)24-4)13(21)25-5/h10H,6-8H2,1-5H3,(H,17,22)/b16-9+. The molecule has 1 saturated heterocycles. The van der Waals surface area contributed by atoms with E-state index in [9.17, 15) is 19.2 Å². The number of esters is 3. The van der Waals surface area contributed by atoms with Crippen molar-refractivity contribution in [1.82, 2.24) is 10.3 Å². The lowest BCUT2D eigenvalue weighted by atomic mass is 10.1. The molecule has 11 heteroatoms. The molecule has 11 nitrogen and oxygen atoms in total. The van der Waals surface area contributed by atoms with Crippen LogP contribution in [0.3, 0.4) is 0 Å². The average molecular weight is 373 g/mol. The van der Waals surface area contributed by atoms with Crippen molar-refractivity contribution in [1.29, 1.82) is 0 Å². The molecule has 0 aromatic rings. The van der Waals surface area contributed by atoms with Crippen LogP contribution in [0, 0.1) is 0 Å². The fraction of sp³-hybridized carbons (Fsp3) is 0.667. The van der Waals surface area contributed by atoms with E-state index in [4.69, 9.17) is 9.47 Å². The van der Waals surface area contributed by atoms with E-state index in [2.05, 4.69) is 20.0 Å². The topological polar surface area (TPSA) is 133 Å². The van der Waals surface area contributed by atoms with Gasteiger partial charge in [-0.25, -0.2) is 24.6 Å². The minimum atomic E-state index is -1.76. The van der Waals surface area contributed by atoms with E-state index in [0.29, 0.717) is 0 Å². The molecule has 1 aliphatic heterocycles. The predicted molar refractivity (Wildman–Crippen MR) is 87.2 cm³/mol. The minimum absolute atomic E-state index is 0.120. The summed E-state index contributed by atoms with van der Waals surface area (Å²) in [5.41, 5.74) is 0.555. The second kappa shape index (κ2) is 9.13. The molecule has 2 atom stereocenters. The molecule has 1 heterocycles. The summed E-state index contributed by atoms with van der Waals surface area (Å²) in [6.45, 7) is 3.33. The number of nitrogens with zero attached hydrogens (tertiary/aromatic N) is 2. The molecule has 1 N–H and O–H groups in total. The number of carbonyl (C=O) groups is 4. The van der Waals surface area contributed by atoms with Crippen LogP contribution in [0.25, 0.3) is 0 Å². The molecule has 1 rings (SSSR count). The van der Waals surface area contributed by atoms with Crippen LogP contribution in [-0.4, -0.2) is 80.7 Å². The highest BCUT2D eigenvalue weighted by molar-refractivity contribution is 6.13. The molecule has 26 heavy (non-hydrogen) atoms. The number of carbonyl (C=O) groups excluding carboxylic acids is 4. The third-order valence-electron chi connectivity index (χ3n) is 3.81. The predicted octanol–water partition coefficient (Wildman–Crippen LogP) is -0.559. The number of ether oxygens (including phenoxy) is 4. The van der Waals surface area contributed by atoms with E-state index in [1.165, 1.54) is 4.90 Å². The highest BCUT2D eigenvalue weighted by Gasteiger charge is 2.70. The maximum absolute atomic E-state index is 12.3. The first-order valence-electron chi connectivity index (χ1n) is 7.84. The molecule has 0 bridgehead atoms. The third kappa shape index (κ3) is 4.10. The molecule has 0 aromatic heterocycles. The SMILES string of the molecule is CCOC(=O)N/N=C(\CC)C(C(=O)OC)N1CC1(C(=O)OC)C(=O)OC. The molecule has 1 fully saturated rings. The van der Waals surface area contributed by atoms with Crippen molar-refractivity contribution in [3.63, 3.8) is 0 Å². The summed E-state index contributed by atoms with van der Waals surface area (Å²) in [4.78, 5) is 49.2. The van der Waals surface area contributed by atoms with Gasteiger partial charge in [-0.2, -0.15) is 5.10 Å². The number of hydrogen-bond acceptors (Lipinski definition) is 10. The number of hydrazone groups is 1. The van der Waals surface area contributed by atoms with Crippen molar-refractivity contribution in [3.05, 3.63) is 0 Å². The van der Waals surface area contributed by atoms with E-state index in [1.807, 2.05) is 0 Å². The van der Waals surface area contributed by atoms with Crippen LogP contribution in [0.15, 0.2) is 5.10 Å². The van der Waals surface area contributed by atoms with Gasteiger partial charge in [-0.1, -0.05) is 6.92 Å². The first-order chi connectivity index (χ1) is 12.3. The van der Waals surface area contributed by atoms with Crippen molar-refractivity contribution >= 4 is 29.7 Å². The molecule has 1 aliphatic rings. The van der Waals surface area contributed by atoms with Gasteiger partial charge in [-0.15, -0.1) is 0 Å². The second-order valence-electron chi connectivity index (χ2n) is 5.19. The van der Waals surface area contributed by atoms with Gasteiger partial charge in [-0.3, -0.25) is 4.90 Å². The Morgan fingerprint density at radius 1 is 1.08 bits per heavy atom. The molecule has 1 amide bonds. The van der Waals surface area contributed by atoms with Gasteiger partial charge >= 0.3 is 24.0 Å². The highest BCUT2D eigenvalue weighted by atomic mass is 16.6. The summed E-state index contributed by atoms with van der Waals surface area (Å²) in [5, 5.41) is 3.87. The van der Waals surface area contributed by atoms with Crippen molar-refractivity contribution in [2.45, 2.75) is 31.8 Å². The molecular weight excluding hydrogens is 350 g/mol. The Balaban J connectivity index is 3.19. The van der Waals surface area contributed by atoms with Crippen LogP contribution in [0.5, 0.6) is 0 Å². The molecule has 0 aliphatic carbocycles. The van der Waals surface area contributed by atoms with Crippen LogP contribution < -0.4 is 5.43 Å². The van der Waals surface area contributed by atoms with Crippen LogP contribution in [-0.2, 0) is 33.3 Å². The van der Waals surface area contributed by atoms with Crippen LogP contribution in [0.4, 0.5) is 4.79 Å². The quantitative estimate of drug-likeness (QED) is 0.148. The normalized spacial score (nSPS) is 19.0. The summed E-state index contributed by atoms with van der Waals surface area (Å²) >= 11 is 0. The monoisotopic (exact) mass is 373 g/mol. The summed E-state index contributed by atoms with van der Waals surface area (Å²) in [5.74, 6) is -2.50. The molecule has 0 saturated carbocycles. The van der Waals surface area contributed by atoms with E-state index < -0.39 is 35.6 Å². The Kier molecular flexibility index (Phi) is 7.50. The highest BCUT2D eigenvalue weighted by Crippen LogP contribution is 2.38. The average Bonchev–Trinajstić information content (AvgIpc) is 3.39. The first-order valence-corrected chi connectivity index (χ1v) is 7.84. The Hall–Kier alpha value is -2.69. The Labute approximate surface area is 150 Å². The molecule has 2 unspecified atom stereocenters. The van der Waals surface area contributed by atoms with Gasteiger partial charge in [0.1, 0.15) is 0 Å². The largest absolute Gasteiger partial charge is 0.468 e. The van der Waals surface area contributed by atoms with Gasteiger partial charge in [0.2, 0.25) is 5.54 Å². The minimum Gasteiger partial charge on any atom is -0.468 e. The van der Waals surface area contributed by atoms with Crippen LogP contribution in [0.1, 0.15) is 20.3 Å². The van der Waals surface area contributed by atoms with Crippen molar-refractivity contribution in [3.8, 4) is 0 Å². The van der Waals surface area contributed by atoms with Gasteiger partial charge in [0, 0.05) is 6.54 Å². The lowest BCUT2D eigenvalue weighted by Gasteiger charge is -2.21. The zero-order valence-electron chi connectivity index (χ0n) is 15.4. The number of hydrogen-bond donors (Lipinski definition) is 1. The Morgan fingerprint density at radius 3 is 2.08 bits per heavy atom. The summed E-state index contributed by atoms with van der Waals surface area (Å²) in [6, 6.07) is -1.19. The lowest BCUT2D eigenvalue weighted by Crippen LogP contribution is -2.48. The number of nitrogens with one attached hydrogen (secondary N) is 1. The van der Waals surface area contributed by atoms with E-state index >= 15 is 0 Å². The van der Waals surface area contributed by atoms with Gasteiger partial charge in [0.05, 0.1) is 33.6 Å². The van der Waals surface area contributed by atoms with Gasteiger partial charge in [0.25, 0.3) is 0 Å². The number of rotatable bonds is 8. The van der Waals surface area contributed by atoms with Crippen LogP contribution >= 0.6 is 0 Å². The smallest absolute Gasteiger partial charge is 0.427 e. The molecule has 146 valence electrons. The zero-order chi connectivity index (χ0) is 19.9. The van der Waals surface area contributed by atoms with Crippen LogP contribution in [0.2, 0.25) is 0 Å². The summed E-state index contributed by atoms with van der Waals surface area (Å²) in [7, 11) is 3.39. The molecule has 0 aromatic carbocycles. The Bertz CT molecular complexity index is 588. The fourth-order valence-electron chi connectivity index (χ4n) is 2.48. The maximum atomic E-state index is 12.3. The zero-order valence-corrected chi connectivity index (χ0v) is 15.4. The Morgan fingerprint density at radius 2 is 1.65 bits per heavy atom. The van der Waals surface area contributed by atoms with Crippen molar-refractivity contribution < 1.29 is 38.1 Å². The van der Waals surface area contributed by atoms with Crippen molar-refractivity contribution in [2.24, 2.45) is 5.10 Å². The molecular formula is C15H23N3O8. The van der Waals surface area contributed by atoms with Gasteiger partial charge in [-0.05, 0) is 13.3 Å². The third-order valence-corrected chi connectivity index (χ3v) is 3.81. The number of amides is 1. The van der Waals surface area contributed by atoms with Gasteiger partial charge < -0.3 is 18.9 Å². The summed E-state index contributed by atoms with van der Waals surface area (Å²) < 4.78 is 18.8. The number of methoxy groups -OCH3 is 3. The van der Waals surface area contributed by atoms with Crippen molar-refractivity contribution in [2.75, 3.05) is 34.5 Å². The van der Waals surface area contributed by atoms with E-state index in [0.717, 1.165) is 21.3 Å². The maximum Gasteiger partial charge on any atom is 0.427 e. The van der Waals surface area contributed by atoms with E-state index in [1.54, 1.807) is 13.8 Å². The molecule has 0 radical (unpaired) electrons.